The first kappa shape index (κ1) is 31.4. The van der Waals surface area contributed by atoms with E-state index in [0.29, 0.717) is 18.8 Å². The highest BCUT2D eigenvalue weighted by molar-refractivity contribution is 5.79. The van der Waals surface area contributed by atoms with Crippen LogP contribution in [0.15, 0.2) is 0 Å². The molecule has 0 aromatic heterocycles. The number of rotatable bonds is 8. The molecular formula is C36H52O9. The van der Waals surface area contributed by atoms with E-state index in [1.54, 1.807) is 0 Å². The predicted molar refractivity (Wildman–Crippen MR) is 161 cm³/mol. The second-order valence-corrected chi connectivity index (χ2v) is 16.2. The van der Waals surface area contributed by atoms with Gasteiger partial charge in [0.1, 0.15) is 18.3 Å². The summed E-state index contributed by atoms with van der Waals surface area (Å²) in [5.74, 6) is 4.13. The Labute approximate surface area is 267 Å². The number of carbonyl (C=O) groups is 4. The molecule has 6 saturated carbocycles. The highest BCUT2D eigenvalue weighted by Crippen LogP contribution is 2.68. The molecule has 0 spiro atoms. The molecule has 6 aliphatic carbocycles. The van der Waals surface area contributed by atoms with Gasteiger partial charge in [0.25, 0.3) is 0 Å². The smallest absolute Gasteiger partial charge is 0.311 e. The van der Waals surface area contributed by atoms with Crippen molar-refractivity contribution in [1.29, 1.82) is 0 Å². The first-order valence-electron chi connectivity index (χ1n) is 17.9. The second kappa shape index (κ2) is 12.1. The Morgan fingerprint density at radius 1 is 0.867 bits per heavy atom. The van der Waals surface area contributed by atoms with E-state index in [1.165, 1.54) is 32.6 Å². The van der Waals surface area contributed by atoms with Crippen molar-refractivity contribution in [2.45, 2.75) is 129 Å². The number of esters is 4. The quantitative estimate of drug-likeness (QED) is 0.192. The summed E-state index contributed by atoms with van der Waals surface area (Å²) in [6, 6.07) is 0. The van der Waals surface area contributed by atoms with Gasteiger partial charge in [-0.15, -0.1) is 0 Å². The van der Waals surface area contributed by atoms with Crippen LogP contribution in [0.5, 0.6) is 0 Å². The minimum atomic E-state index is -0.741. The average Bonchev–Trinajstić information content (AvgIpc) is 3.85. The van der Waals surface area contributed by atoms with E-state index in [0.717, 1.165) is 74.7 Å². The van der Waals surface area contributed by atoms with Crippen LogP contribution in [0, 0.1) is 64.6 Å². The number of hydrogen-bond donors (Lipinski definition) is 0. The number of hydrogen-bond acceptors (Lipinski definition) is 9. The zero-order chi connectivity index (χ0) is 31.6. The van der Waals surface area contributed by atoms with E-state index in [4.69, 9.17) is 23.7 Å². The molecule has 8 fully saturated rings. The summed E-state index contributed by atoms with van der Waals surface area (Å²) in [5, 5.41) is 0. The largest absolute Gasteiger partial charge is 0.462 e. The van der Waals surface area contributed by atoms with Crippen molar-refractivity contribution in [1.82, 2.24) is 0 Å². The van der Waals surface area contributed by atoms with Crippen molar-refractivity contribution in [3.63, 3.8) is 0 Å². The first-order valence-corrected chi connectivity index (χ1v) is 17.9. The second-order valence-electron chi connectivity index (χ2n) is 16.2. The monoisotopic (exact) mass is 628 g/mol. The fourth-order valence-electron chi connectivity index (χ4n) is 11.3. The molecule has 2 heterocycles. The third kappa shape index (κ3) is 5.71. The number of fused-ring (bicyclic) bond motifs is 10. The molecule has 9 heteroatoms. The van der Waals surface area contributed by atoms with Gasteiger partial charge in [-0.3, -0.25) is 19.2 Å². The zero-order valence-corrected chi connectivity index (χ0v) is 27.4. The maximum Gasteiger partial charge on any atom is 0.311 e. The zero-order valence-electron chi connectivity index (χ0n) is 27.4. The van der Waals surface area contributed by atoms with Gasteiger partial charge in [0.15, 0.2) is 0 Å². The Bertz CT molecular complexity index is 1180. The molecule has 0 amide bonds. The minimum Gasteiger partial charge on any atom is -0.462 e. The molecule has 0 radical (unpaired) electrons. The van der Waals surface area contributed by atoms with Gasteiger partial charge < -0.3 is 23.7 Å². The van der Waals surface area contributed by atoms with Crippen LogP contribution in [-0.2, 0) is 42.9 Å². The number of ether oxygens (including phenoxy) is 5. The molecule has 2 aliphatic heterocycles. The topological polar surface area (TPSA) is 114 Å². The summed E-state index contributed by atoms with van der Waals surface area (Å²) in [6.07, 6.45) is 11.5. The van der Waals surface area contributed by atoms with Gasteiger partial charge >= 0.3 is 23.9 Å². The van der Waals surface area contributed by atoms with Crippen molar-refractivity contribution in [2.24, 2.45) is 64.6 Å². The molecule has 6 bridgehead atoms. The lowest BCUT2D eigenvalue weighted by Crippen LogP contribution is -2.41. The van der Waals surface area contributed by atoms with E-state index in [-0.39, 0.29) is 72.2 Å². The Morgan fingerprint density at radius 3 is 2.33 bits per heavy atom. The molecule has 45 heavy (non-hydrogen) atoms. The van der Waals surface area contributed by atoms with Crippen LogP contribution in [0.1, 0.15) is 105 Å². The maximum absolute atomic E-state index is 13.4. The molecule has 0 aromatic carbocycles. The van der Waals surface area contributed by atoms with E-state index < -0.39 is 5.41 Å². The molecule has 0 aromatic rings. The molecule has 250 valence electrons. The summed E-state index contributed by atoms with van der Waals surface area (Å²) in [5.41, 5.74) is -0.741. The molecule has 14 atom stereocenters. The Hall–Kier alpha value is -2.16. The molecule has 9 nitrogen and oxygen atoms in total. The Balaban J connectivity index is 0.000000280. The van der Waals surface area contributed by atoms with Crippen molar-refractivity contribution >= 4 is 23.9 Å². The lowest BCUT2D eigenvalue weighted by molar-refractivity contribution is -0.184. The third-order valence-electron chi connectivity index (χ3n) is 13.2. The van der Waals surface area contributed by atoms with Gasteiger partial charge in [0.2, 0.25) is 6.29 Å². The lowest BCUT2D eigenvalue weighted by atomic mass is 9.70. The van der Waals surface area contributed by atoms with Crippen LogP contribution in [-0.4, -0.2) is 55.1 Å². The summed E-state index contributed by atoms with van der Waals surface area (Å²) in [7, 11) is 0. The molecular weight excluding hydrogens is 576 g/mol. The van der Waals surface area contributed by atoms with Gasteiger partial charge in [0.05, 0.1) is 23.9 Å². The molecule has 14 unspecified atom stereocenters. The van der Waals surface area contributed by atoms with Crippen LogP contribution in [0.2, 0.25) is 0 Å². The van der Waals surface area contributed by atoms with Crippen molar-refractivity contribution < 1.29 is 42.9 Å². The van der Waals surface area contributed by atoms with Gasteiger partial charge in [-0.25, -0.2) is 0 Å². The predicted octanol–water partition coefficient (Wildman–Crippen LogP) is 5.61. The maximum atomic E-state index is 13.4. The van der Waals surface area contributed by atoms with Gasteiger partial charge in [0, 0.05) is 25.2 Å². The third-order valence-corrected chi connectivity index (χ3v) is 13.2. The normalized spacial score (nSPS) is 43.7. The SMILES string of the molecule is CC(=O)OC1CCCCO1.CCC(CC(C)(C)C(=O)OC1CC2CC1C1C3CCC(C3)C21)C(=O)OC1C2CC3C(=O)OC1C3C2. The number of carbonyl (C=O) groups excluding carboxylic acids is 4. The van der Waals surface area contributed by atoms with Crippen LogP contribution in [0.3, 0.4) is 0 Å². The summed E-state index contributed by atoms with van der Waals surface area (Å²) in [6.45, 7) is 7.93. The van der Waals surface area contributed by atoms with E-state index >= 15 is 0 Å². The molecule has 2 saturated heterocycles. The van der Waals surface area contributed by atoms with Crippen molar-refractivity contribution in [3.8, 4) is 0 Å². The van der Waals surface area contributed by atoms with Gasteiger partial charge in [-0.05, 0) is 120 Å². The summed E-state index contributed by atoms with van der Waals surface area (Å²) in [4.78, 5) is 49.0. The molecule has 8 aliphatic rings. The highest BCUT2D eigenvalue weighted by atomic mass is 16.7. The Morgan fingerprint density at radius 2 is 1.62 bits per heavy atom. The minimum absolute atomic E-state index is 0.0103. The van der Waals surface area contributed by atoms with E-state index in [1.807, 2.05) is 20.8 Å². The van der Waals surface area contributed by atoms with Crippen LogP contribution < -0.4 is 0 Å². The summed E-state index contributed by atoms with van der Waals surface area (Å²) < 4.78 is 27.7. The van der Waals surface area contributed by atoms with Crippen molar-refractivity contribution in [2.75, 3.05) is 6.61 Å². The molecule has 8 rings (SSSR count). The molecule has 0 N–H and O–H groups in total. The Kier molecular flexibility index (Phi) is 8.48. The average molecular weight is 629 g/mol. The van der Waals surface area contributed by atoms with Gasteiger partial charge in [-0.2, -0.15) is 0 Å². The fraction of sp³-hybridized carbons (Fsp3) is 0.889. The van der Waals surface area contributed by atoms with E-state index in [2.05, 4.69) is 0 Å². The van der Waals surface area contributed by atoms with E-state index in [9.17, 15) is 19.2 Å². The highest BCUT2D eigenvalue weighted by Gasteiger charge is 2.64. The standard InChI is InChI=1S/C29H40O6.C7H12O3/c1-4-13(26(30)34-24-17-9-18-19(10-17)27(31)35-25(18)24)12-29(2,3)28(32)33-21-11-16-8-20(21)23-15-6-5-14(7-15)22(16)23;1-6(8)10-7-4-2-3-5-9-7/h13-25H,4-12H2,1-3H3;7H,2-5H2,1H3. The fourth-order valence-corrected chi connectivity index (χ4v) is 11.3. The lowest BCUT2D eigenvalue weighted by Gasteiger charge is -2.39. The van der Waals surface area contributed by atoms with Crippen LogP contribution in [0.25, 0.3) is 0 Å². The first-order chi connectivity index (χ1) is 21.5. The van der Waals surface area contributed by atoms with Gasteiger partial charge in [-0.1, -0.05) is 6.92 Å². The van der Waals surface area contributed by atoms with Crippen LogP contribution >= 0.6 is 0 Å². The van der Waals surface area contributed by atoms with Crippen molar-refractivity contribution in [3.05, 3.63) is 0 Å². The summed E-state index contributed by atoms with van der Waals surface area (Å²) >= 11 is 0. The van der Waals surface area contributed by atoms with Crippen LogP contribution in [0.4, 0.5) is 0 Å².